The van der Waals surface area contributed by atoms with E-state index in [0.717, 1.165) is 19.4 Å². The van der Waals surface area contributed by atoms with Crippen molar-refractivity contribution in [3.63, 3.8) is 0 Å². The van der Waals surface area contributed by atoms with Gasteiger partial charge in [-0.05, 0) is 13.3 Å². The van der Waals surface area contributed by atoms with E-state index in [1.165, 1.54) is 0 Å². The van der Waals surface area contributed by atoms with Crippen LogP contribution in [0, 0.1) is 0 Å². The maximum atomic E-state index is 11.3. The number of nitrogens with zero attached hydrogens (tertiary/aromatic N) is 2. The molecular formula is C10H18N4O. The zero-order valence-electron chi connectivity index (χ0n) is 9.29. The fraction of sp³-hybridized carbons (Fsp3) is 0.600. The third-order valence-electron chi connectivity index (χ3n) is 2.02. The van der Waals surface area contributed by atoms with Crippen molar-refractivity contribution in [2.75, 3.05) is 11.9 Å². The number of hydrogen-bond donors (Lipinski definition) is 2. The molecule has 5 nitrogen and oxygen atoms in total. The summed E-state index contributed by atoms with van der Waals surface area (Å²) in [6.07, 6.45) is 3.91. The molecule has 0 saturated carbocycles. The molecule has 0 atom stereocenters. The second-order valence-electron chi connectivity index (χ2n) is 3.29. The van der Waals surface area contributed by atoms with Crippen LogP contribution in [-0.2, 0) is 6.54 Å². The van der Waals surface area contributed by atoms with Gasteiger partial charge in [-0.2, -0.15) is 5.10 Å². The van der Waals surface area contributed by atoms with E-state index in [1.54, 1.807) is 10.7 Å². The molecule has 0 radical (unpaired) electrons. The van der Waals surface area contributed by atoms with Gasteiger partial charge in [0.05, 0.1) is 0 Å². The van der Waals surface area contributed by atoms with Crippen molar-refractivity contribution in [3.8, 4) is 0 Å². The minimum absolute atomic E-state index is 0.190. The summed E-state index contributed by atoms with van der Waals surface area (Å²) in [5, 5.41) is 9.58. The fourth-order valence-electron chi connectivity index (χ4n) is 1.14. The largest absolute Gasteiger partial charge is 0.338 e. The molecule has 0 aliphatic carbocycles. The average Bonchev–Trinajstić information content (AvgIpc) is 2.66. The Morgan fingerprint density at radius 1 is 1.53 bits per heavy atom. The number of carbonyl (C=O) groups is 1. The highest BCUT2D eigenvalue weighted by molar-refractivity contribution is 5.88. The van der Waals surface area contributed by atoms with Crippen molar-refractivity contribution in [2.45, 2.75) is 33.2 Å². The molecule has 0 fully saturated rings. The van der Waals surface area contributed by atoms with Crippen LogP contribution in [0.3, 0.4) is 0 Å². The number of unbranched alkanes of at least 4 members (excludes halogenated alkanes) is 1. The number of anilines is 1. The second kappa shape index (κ2) is 6.06. The van der Waals surface area contributed by atoms with Gasteiger partial charge in [-0.25, -0.2) is 4.79 Å². The van der Waals surface area contributed by atoms with Crippen LogP contribution in [0.25, 0.3) is 0 Å². The van der Waals surface area contributed by atoms with Gasteiger partial charge in [-0.1, -0.05) is 13.3 Å². The molecule has 0 aromatic carbocycles. The van der Waals surface area contributed by atoms with Gasteiger partial charge in [0.2, 0.25) is 0 Å². The lowest BCUT2D eigenvalue weighted by molar-refractivity contribution is 0.252. The van der Waals surface area contributed by atoms with Crippen molar-refractivity contribution in [1.82, 2.24) is 15.1 Å². The standard InChI is InChI=1S/C10H18N4O/c1-3-5-7-11-10(15)12-9-6-8-14(4-2)13-9/h6,8H,3-5,7H2,1-2H3,(H2,11,12,13,15). The molecule has 0 unspecified atom stereocenters. The van der Waals surface area contributed by atoms with Gasteiger partial charge in [0.15, 0.2) is 5.82 Å². The first-order chi connectivity index (χ1) is 7.26. The van der Waals surface area contributed by atoms with Gasteiger partial charge in [0.1, 0.15) is 0 Å². The molecule has 1 heterocycles. The Bertz CT molecular complexity index is 308. The fourth-order valence-corrected chi connectivity index (χ4v) is 1.14. The van der Waals surface area contributed by atoms with E-state index in [9.17, 15) is 4.79 Å². The molecule has 1 aromatic heterocycles. The minimum atomic E-state index is -0.190. The Morgan fingerprint density at radius 2 is 2.33 bits per heavy atom. The third-order valence-corrected chi connectivity index (χ3v) is 2.02. The number of rotatable bonds is 5. The van der Waals surface area contributed by atoms with E-state index in [4.69, 9.17) is 0 Å². The summed E-state index contributed by atoms with van der Waals surface area (Å²) in [6, 6.07) is 1.59. The van der Waals surface area contributed by atoms with Crippen LogP contribution in [0.4, 0.5) is 10.6 Å². The maximum absolute atomic E-state index is 11.3. The van der Waals surface area contributed by atoms with Crippen LogP contribution >= 0.6 is 0 Å². The lowest BCUT2D eigenvalue weighted by Crippen LogP contribution is -2.29. The molecular weight excluding hydrogens is 192 g/mol. The summed E-state index contributed by atoms with van der Waals surface area (Å²) in [5.74, 6) is 0.589. The topological polar surface area (TPSA) is 59.0 Å². The van der Waals surface area contributed by atoms with E-state index in [2.05, 4.69) is 22.7 Å². The predicted octanol–water partition coefficient (Wildman–Crippen LogP) is 1.82. The molecule has 5 heteroatoms. The zero-order valence-corrected chi connectivity index (χ0v) is 9.29. The quantitative estimate of drug-likeness (QED) is 0.728. The van der Waals surface area contributed by atoms with Crippen LogP contribution in [0.5, 0.6) is 0 Å². The molecule has 0 aliphatic heterocycles. The number of urea groups is 1. The number of amides is 2. The summed E-state index contributed by atoms with van der Waals surface area (Å²) in [7, 11) is 0. The molecule has 0 bridgehead atoms. The molecule has 2 amide bonds. The lowest BCUT2D eigenvalue weighted by atomic mass is 10.3. The van der Waals surface area contributed by atoms with Gasteiger partial charge < -0.3 is 5.32 Å². The molecule has 84 valence electrons. The van der Waals surface area contributed by atoms with Crippen molar-refractivity contribution in [1.29, 1.82) is 0 Å². The van der Waals surface area contributed by atoms with Gasteiger partial charge in [-0.3, -0.25) is 10.00 Å². The molecule has 2 N–H and O–H groups in total. The van der Waals surface area contributed by atoms with Gasteiger partial charge in [0.25, 0.3) is 0 Å². The molecule has 0 spiro atoms. The monoisotopic (exact) mass is 210 g/mol. The summed E-state index contributed by atoms with van der Waals surface area (Å²) in [5.41, 5.74) is 0. The van der Waals surface area contributed by atoms with E-state index in [1.807, 2.05) is 13.1 Å². The van der Waals surface area contributed by atoms with Crippen molar-refractivity contribution in [3.05, 3.63) is 12.3 Å². The summed E-state index contributed by atoms with van der Waals surface area (Å²) in [4.78, 5) is 11.3. The van der Waals surface area contributed by atoms with Gasteiger partial charge >= 0.3 is 6.03 Å². The first kappa shape index (κ1) is 11.6. The van der Waals surface area contributed by atoms with E-state index >= 15 is 0 Å². The maximum Gasteiger partial charge on any atom is 0.320 e. The summed E-state index contributed by atoms with van der Waals surface area (Å²) < 4.78 is 1.77. The van der Waals surface area contributed by atoms with Gasteiger partial charge in [0, 0.05) is 25.4 Å². The number of carbonyl (C=O) groups excluding carboxylic acids is 1. The Morgan fingerprint density at radius 3 is 2.93 bits per heavy atom. The second-order valence-corrected chi connectivity index (χ2v) is 3.29. The minimum Gasteiger partial charge on any atom is -0.338 e. The van der Waals surface area contributed by atoms with Crippen LogP contribution in [0.15, 0.2) is 12.3 Å². The molecule has 0 saturated heterocycles. The summed E-state index contributed by atoms with van der Waals surface area (Å²) in [6.45, 7) is 5.59. The van der Waals surface area contributed by atoms with Crippen molar-refractivity contribution in [2.24, 2.45) is 0 Å². The van der Waals surface area contributed by atoms with E-state index in [0.29, 0.717) is 12.4 Å². The Hall–Kier alpha value is -1.52. The first-order valence-electron chi connectivity index (χ1n) is 5.34. The third kappa shape index (κ3) is 4.01. The molecule has 15 heavy (non-hydrogen) atoms. The predicted molar refractivity (Wildman–Crippen MR) is 59.8 cm³/mol. The molecule has 0 aliphatic rings. The Kier molecular flexibility index (Phi) is 4.66. The van der Waals surface area contributed by atoms with Crippen molar-refractivity contribution >= 4 is 11.8 Å². The highest BCUT2D eigenvalue weighted by Crippen LogP contribution is 2.01. The number of nitrogens with one attached hydrogen (secondary N) is 2. The van der Waals surface area contributed by atoms with E-state index < -0.39 is 0 Å². The molecule has 1 aromatic rings. The zero-order chi connectivity index (χ0) is 11.1. The SMILES string of the molecule is CCCCNC(=O)Nc1ccn(CC)n1. The smallest absolute Gasteiger partial charge is 0.320 e. The van der Waals surface area contributed by atoms with Crippen molar-refractivity contribution < 1.29 is 4.79 Å². The Labute approximate surface area is 89.9 Å². The van der Waals surface area contributed by atoms with Crippen LogP contribution in [0.1, 0.15) is 26.7 Å². The highest BCUT2D eigenvalue weighted by Gasteiger charge is 2.02. The molecule has 1 rings (SSSR count). The summed E-state index contributed by atoms with van der Waals surface area (Å²) >= 11 is 0. The number of aromatic nitrogens is 2. The lowest BCUT2D eigenvalue weighted by Gasteiger charge is -2.03. The number of hydrogen-bond acceptors (Lipinski definition) is 2. The Balaban J connectivity index is 2.31. The van der Waals surface area contributed by atoms with Crippen LogP contribution in [-0.4, -0.2) is 22.4 Å². The number of aryl methyl sites for hydroxylation is 1. The van der Waals surface area contributed by atoms with Crippen LogP contribution < -0.4 is 10.6 Å². The van der Waals surface area contributed by atoms with Gasteiger partial charge in [-0.15, -0.1) is 0 Å². The average molecular weight is 210 g/mol. The normalized spacial score (nSPS) is 10.0. The van der Waals surface area contributed by atoms with E-state index in [-0.39, 0.29) is 6.03 Å². The highest BCUT2D eigenvalue weighted by atomic mass is 16.2. The first-order valence-corrected chi connectivity index (χ1v) is 5.34. The van der Waals surface area contributed by atoms with Crippen LogP contribution in [0.2, 0.25) is 0 Å².